The number of fused-ring (bicyclic) bond motifs is 2. The number of halogens is 1. The Hall–Kier alpha value is -0.810. The van der Waals surface area contributed by atoms with Gasteiger partial charge in [-0.05, 0) is 67.7 Å². The highest BCUT2D eigenvalue weighted by Gasteiger charge is 2.65. The van der Waals surface area contributed by atoms with Gasteiger partial charge in [-0.1, -0.05) is 43.3 Å². The van der Waals surface area contributed by atoms with Crippen molar-refractivity contribution in [2.24, 2.45) is 16.7 Å². The summed E-state index contributed by atoms with van der Waals surface area (Å²) < 4.78 is 12.5. The van der Waals surface area contributed by atoms with Gasteiger partial charge in [0.05, 0.1) is 13.2 Å². The minimum Gasteiger partial charge on any atom is -0.347 e. The van der Waals surface area contributed by atoms with E-state index in [4.69, 9.17) is 21.1 Å². The zero-order chi connectivity index (χ0) is 20.7. The van der Waals surface area contributed by atoms with E-state index >= 15 is 0 Å². The Kier molecular flexibility index (Phi) is 5.93. The zero-order valence-corrected chi connectivity index (χ0v) is 19.2. The van der Waals surface area contributed by atoms with Crippen molar-refractivity contribution in [1.29, 1.82) is 0 Å². The molecule has 1 aromatic carbocycles. The molecule has 0 aromatic heterocycles. The van der Waals surface area contributed by atoms with Gasteiger partial charge < -0.3 is 9.47 Å². The van der Waals surface area contributed by atoms with Crippen LogP contribution in [0.2, 0.25) is 5.02 Å². The van der Waals surface area contributed by atoms with E-state index in [9.17, 15) is 4.79 Å². The molecule has 3 aliphatic rings. The van der Waals surface area contributed by atoms with Crippen LogP contribution in [0.25, 0.3) is 0 Å². The van der Waals surface area contributed by atoms with Crippen molar-refractivity contribution in [3.05, 3.63) is 40.3 Å². The van der Waals surface area contributed by atoms with Gasteiger partial charge in [0.25, 0.3) is 0 Å². The van der Waals surface area contributed by atoms with Crippen molar-refractivity contribution in [2.45, 2.75) is 70.0 Å². The molecule has 0 amide bonds. The van der Waals surface area contributed by atoms with Gasteiger partial charge >= 0.3 is 0 Å². The number of thioether (sulfide) groups is 1. The highest BCUT2D eigenvalue weighted by Crippen LogP contribution is 2.63. The van der Waals surface area contributed by atoms with E-state index in [0.717, 1.165) is 42.0 Å². The van der Waals surface area contributed by atoms with E-state index in [1.165, 1.54) is 4.91 Å². The molecule has 2 saturated carbocycles. The van der Waals surface area contributed by atoms with Gasteiger partial charge in [0.15, 0.2) is 5.79 Å². The van der Waals surface area contributed by atoms with E-state index in [0.29, 0.717) is 25.4 Å². The largest absolute Gasteiger partial charge is 0.347 e. The molecular formula is C24H31ClO3S. The molecule has 3 fully saturated rings. The third-order valence-corrected chi connectivity index (χ3v) is 8.82. The summed E-state index contributed by atoms with van der Waals surface area (Å²) in [5, 5.41) is 0.748. The number of hydrogen-bond acceptors (Lipinski definition) is 4. The van der Waals surface area contributed by atoms with Crippen molar-refractivity contribution in [3.63, 3.8) is 0 Å². The Labute approximate surface area is 183 Å². The Balaban J connectivity index is 1.56. The molecule has 5 heteroatoms. The molecule has 2 aliphatic carbocycles. The lowest BCUT2D eigenvalue weighted by Gasteiger charge is -2.60. The second-order valence-corrected chi connectivity index (χ2v) is 11.0. The lowest BCUT2D eigenvalue weighted by atomic mass is 9.48. The van der Waals surface area contributed by atoms with Gasteiger partial charge in [-0.3, -0.25) is 4.79 Å². The third kappa shape index (κ3) is 3.71. The average Bonchev–Trinajstić information content (AvgIpc) is 3.18. The summed E-state index contributed by atoms with van der Waals surface area (Å²) >= 11 is 7.72. The number of Topliss-reactive ketones (excluding diaryl/α,β-unsaturated/α-hetero) is 1. The Morgan fingerprint density at radius 3 is 2.59 bits per heavy atom. The third-order valence-electron chi connectivity index (χ3n) is 7.58. The van der Waals surface area contributed by atoms with Crippen LogP contribution in [0.4, 0.5) is 0 Å². The van der Waals surface area contributed by atoms with E-state index in [2.05, 4.69) is 26.8 Å². The van der Waals surface area contributed by atoms with E-state index in [1.54, 1.807) is 11.8 Å². The van der Waals surface area contributed by atoms with Gasteiger partial charge in [-0.25, -0.2) is 0 Å². The average molecular weight is 435 g/mol. The lowest BCUT2D eigenvalue weighted by molar-refractivity contribution is -0.286. The van der Waals surface area contributed by atoms with Crippen LogP contribution in [-0.2, 0) is 14.3 Å². The predicted molar refractivity (Wildman–Crippen MR) is 118 cm³/mol. The summed E-state index contributed by atoms with van der Waals surface area (Å²) in [7, 11) is 0. The molecular weight excluding hydrogens is 404 g/mol. The first-order valence-corrected chi connectivity index (χ1v) is 11.9. The number of ketones is 1. The molecule has 158 valence electrons. The maximum absolute atomic E-state index is 13.2. The fourth-order valence-corrected chi connectivity index (χ4v) is 6.86. The highest BCUT2D eigenvalue weighted by molar-refractivity contribution is 8.03. The first-order valence-electron chi connectivity index (χ1n) is 10.7. The fraction of sp³-hybridized carbons (Fsp3) is 0.625. The molecule has 1 heterocycles. The zero-order valence-electron chi connectivity index (χ0n) is 17.6. The normalized spacial score (nSPS) is 34.4. The summed E-state index contributed by atoms with van der Waals surface area (Å²) in [6, 6.07) is 7.90. The maximum atomic E-state index is 13.2. The standard InChI is InChI=1S/C24H31ClO3S/c1-17(29-19-8-6-18(25)7-9-19)10-13-22(2)20-5-4-12-24(27-15-16-28-24)23(20,3)14-11-21(22)26/h6-10,20H,4-5,11-16H2,1-3H3/b17-10+. The van der Waals surface area contributed by atoms with Crippen LogP contribution in [0, 0.1) is 16.7 Å². The first kappa shape index (κ1) is 21.4. The molecule has 1 aromatic rings. The van der Waals surface area contributed by atoms with Gasteiger partial charge in [0.2, 0.25) is 0 Å². The summed E-state index contributed by atoms with van der Waals surface area (Å²) in [5.74, 6) is 0.192. The number of hydrogen-bond donors (Lipinski definition) is 0. The summed E-state index contributed by atoms with van der Waals surface area (Å²) in [6.07, 6.45) is 7.60. The fourth-order valence-electron chi connectivity index (χ4n) is 5.92. The van der Waals surface area contributed by atoms with Gasteiger partial charge in [-0.15, -0.1) is 0 Å². The van der Waals surface area contributed by atoms with Crippen molar-refractivity contribution >= 4 is 29.1 Å². The molecule has 29 heavy (non-hydrogen) atoms. The number of ether oxygens (including phenoxy) is 2. The number of benzene rings is 1. The van der Waals surface area contributed by atoms with Crippen molar-refractivity contribution in [2.75, 3.05) is 13.2 Å². The van der Waals surface area contributed by atoms with E-state index in [1.807, 2.05) is 24.3 Å². The number of allylic oxidation sites excluding steroid dienone is 2. The maximum Gasteiger partial charge on any atom is 0.174 e. The molecule has 4 rings (SSSR count). The Bertz CT molecular complexity index is 799. The lowest BCUT2D eigenvalue weighted by Crippen LogP contribution is -2.62. The molecule has 0 radical (unpaired) electrons. The second kappa shape index (κ2) is 8.03. The van der Waals surface area contributed by atoms with Gasteiger partial charge in [0.1, 0.15) is 5.78 Å². The number of carbonyl (C=O) groups is 1. The van der Waals surface area contributed by atoms with Crippen LogP contribution in [-0.4, -0.2) is 24.8 Å². The van der Waals surface area contributed by atoms with Crippen molar-refractivity contribution < 1.29 is 14.3 Å². The molecule has 1 aliphatic heterocycles. The van der Waals surface area contributed by atoms with E-state index in [-0.39, 0.29) is 16.7 Å². The molecule has 3 atom stereocenters. The highest BCUT2D eigenvalue weighted by atomic mass is 35.5. The minimum atomic E-state index is -0.491. The SMILES string of the molecule is C/C(=C\CC1(C)C(=O)CCC2(C)C1CCCC21OCCO1)Sc1ccc(Cl)cc1. The number of rotatable bonds is 4. The summed E-state index contributed by atoms with van der Waals surface area (Å²) in [4.78, 5) is 15.6. The van der Waals surface area contributed by atoms with Crippen LogP contribution in [0.5, 0.6) is 0 Å². The molecule has 3 unspecified atom stereocenters. The molecule has 0 N–H and O–H groups in total. The van der Waals surface area contributed by atoms with Crippen molar-refractivity contribution in [1.82, 2.24) is 0 Å². The molecule has 1 spiro atoms. The minimum absolute atomic E-state index is 0.102. The molecule has 0 bridgehead atoms. The summed E-state index contributed by atoms with van der Waals surface area (Å²) in [5.41, 5.74) is -0.465. The Morgan fingerprint density at radius 2 is 1.90 bits per heavy atom. The van der Waals surface area contributed by atoms with Gasteiger partial charge in [-0.2, -0.15) is 0 Å². The van der Waals surface area contributed by atoms with Gasteiger partial charge in [0, 0.05) is 33.6 Å². The summed E-state index contributed by atoms with van der Waals surface area (Å²) in [6.45, 7) is 7.96. The smallest absolute Gasteiger partial charge is 0.174 e. The first-order chi connectivity index (χ1) is 13.8. The van der Waals surface area contributed by atoms with Crippen LogP contribution < -0.4 is 0 Å². The van der Waals surface area contributed by atoms with Crippen LogP contribution in [0.15, 0.2) is 40.1 Å². The van der Waals surface area contributed by atoms with Crippen LogP contribution in [0.1, 0.15) is 59.3 Å². The quantitative estimate of drug-likeness (QED) is 0.497. The van der Waals surface area contributed by atoms with Crippen molar-refractivity contribution in [3.8, 4) is 0 Å². The Morgan fingerprint density at radius 1 is 1.21 bits per heavy atom. The monoisotopic (exact) mass is 434 g/mol. The predicted octanol–water partition coefficient (Wildman–Crippen LogP) is 6.64. The molecule has 3 nitrogen and oxygen atoms in total. The van der Waals surface area contributed by atoms with E-state index < -0.39 is 5.79 Å². The number of carbonyl (C=O) groups excluding carboxylic acids is 1. The van der Waals surface area contributed by atoms with Crippen LogP contribution >= 0.6 is 23.4 Å². The topological polar surface area (TPSA) is 35.5 Å². The second-order valence-electron chi connectivity index (χ2n) is 9.23. The molecule has 1 saturated heterocycles. The van der Waals surface area contributed by atoms with Crippen LogP contribution in [0.3, 0.4) is 0 Å².